The Kier molecular flexibility index (Phi) is 9.10. The number of imide groups is 1. The zero-order valence-corrected chi connectivity index (χ0v) is 23.8. The van der Waals surface area contributed by atoms with Gasteiger partial charge in [-0.15, -0.1) is 0 Å². The number of nitrogens with zero attached hydrogens (tertiary/aromatic N) is 2. The molecule has 0 saturated heterocycles. The van der Waals surface area contributed by atoms with Gasteiger partial charge in [-0.1, -0.05) is 42.0 Å². The van der Waals surface area contributed by atoms with Gasteiger partial charge in [-0.3, -0.25) is 14.5 Å². The number of carbonyl (C=O) groups excluding carboxylic acids is 2. The lowest BCUT2D eigenvalue weighted by Gasteiger charge is -2.27. The van der Waals surface area contributed by atoms with E-state index in [1.54, 1.807) is 64.7 Å². The molecule has 0 aliphatic carbocycles. The van der Waals surface area contributed by atoms with E-state index in [2.05, 4.69) is 0 Å². The minimum atomic E-state index is -0.606. The zero-order valence-electron chi connectivity index (χ0n) is 23.8. The molecule has 210 valence electrons. The first kappa shape index (κ1) is 29.0. The Morgan fingerprint density at radius 2 is 1.41 bits per heavy atom. The second-order valence-corrected chi connectivity index (χ2v) is 9.56. The van der Waals surface area contributed by atoms with Crippen LogP contribution in [0.15, 0.2) is 77.4 Å². The molecule has 2 amide bonds. The van der Waals surface area contributed by atoms with Gasteiger partial charge in [-0.2, -0.15) is 5.26 Å². The van der Waals surface area contributed by atoms with Crippen LogP contribution in [-0.4, -0.2) is 44.6 Å². The van der Waals surface area contributed by atoms with Crippen LogP contribution in [0.4, 0.5) is 0 Å². The van der Waals surface area contributed by atoms with Gasteiger partial charge in [-0.05, 0) is 72.9 Å². The van der Waals surface area contributed by atoms with Gasteiger partial charge in [0.2, 0.25) is 0 Å². The normalized spacial score (nSPS) is 14.2. The van der Waals surface area contributed by atoms with Crippen LogP contribution in [0.5, 0.6) is 23.0 Å². The third kappa shape index (κ3) is 6.42. The second kappa shape index (κ2) is 12.9. The topological polar surface area (TPSA) is 98.1 Å². The summed E-state index contributed by atoms with van der Waals surface area (Å²) in [6, 6.07) is 20.8. The molecular formula is C33H32N2O6. The maximum absolute atomic E-state index is 13.6. The number of benzene rings is 3. The molecule has 0 radical (unpaired) electrons. The Hall–Kier alpha value is -5.03. The monoisotopic (exact) mass is 552 g/mol. The molecular weight excluding hydrogens is 520 g/mol. The molecule has 0 aromatic heterocycles. The molecule has 0 atom stereocenters. The summed E-state index contributed by atoms with van der Waals surface area (Å²) < 4.78 is 22.2. The molecule has 0 bridgehead atoms. The number of aryl methyl sites for hydroxylation is 1. The van der Waals surface area contributed by atoms with E-state index in [-0.39, 0.29) is 17.7 Å². The molecule has 4 rings (SSSR count). The van der Waals surface area contributed by atoms with Crippen molar-refractivity contribution in [2.75, 3.05) is 27.9 Å². The smallest absolute Gasteiger partial charge is 0.271 e. The van der Waals surface area contributed by atoms with Crippen LogP contribution in [0.2, 0.25) is 0 Å². The van der Waals surface area contributed by atoms with E-state index < -0.39 is 11.8 Å². The zero-order chi connectivity index (χ0) is 29.5. The fraction of sp³-hybridized carbons (Fsp3) is 0.242. The lowest BCUT2D eigenvalue weighted by atomic mass is 9.93. The van der Waals surface area contributed by atoms with Gasteiger partial charge >= 0.3 is 0 Å². The van der Waals surface area contributed by atoms with Crippen molar-refractivity contribution in [2.45, 2.75) is 26.9 Å². The van der Waals surface area contributed by atoms with E-state index in [0.29, 0.717) is 47.2 Å². The van der Waals surface area contributed by atoms with Crippen LogP contribution in [0.3, 0.4) is 0 Å². The fourth-order valence-corrected chi connectivity index (χ4v) is 4.52. The molecule has 0 unspecified atom stereocenters. The SMILES string of the molecule is COc1ccc(CCN2C(=O)C(C#N)=C(C)/C(=C\c3ccc(OCc4ccc(C)cc4)c(OC)c3)C2=O)cc1OC. The summed E-state index contributed by atoms with van der Waals surface area (Å²) in [5.74, 6) is 1.12. The quantitative estimate of drug-likeness (QED) is 0.244. The predicted molar refractivity (Wildman–Crippen MR) is 155 cm³/mol. The number of carbonyl (C=O) groups is 2. The van der Waals surface area contributed by atoms with Gasteiger partial charge in [0.25, 0.3) is 11.8 Å². The molecule has 0 saturated carbocycles. The summed E-state index contributed by atoms with van der Waals surface area (Å²) in [5, 5.41) is 9.76. The molecule has 3 aromatic carbocycles. The minimum Gasteiger partial charge on any atom is -0.493 e. The molecule has 8 nitrogen and oxygen atoms in total. The predicted octanol–water partition coefficient (Wildman–Crippen LogP) is 5.43. The molecule has 0 N–H and O–H groups in total. The third-order valence-electron chi connectivity index (χ3n) is 6.91. The van der Waals surface area contributed by atoms with Crippen LogP contribution in [-0.2, 0) is 22.6 Å². The lowest BCUT2D eigenvalue weighted by Crippen LogP contribution is -2.43. The summed E-state index contributed by atoms with van der Waals surface area (Å²) in [6.07, 6.45) is 2.04. The van der Waals surface area contributed by atoms with Crippen molar-refractivity contribution >= 4 is 17.9 Å². The van der Waals surface area contributed by atoms with Crippen LogP contribution in [0, 0.1) is 18.3 Å². The van der Waals surface area contributed by atoms with Crippen molar-refractivity contribution in [3.8, 4) is 29.1 Å². The highest BCUT2D eigenvalue weighted by molar-refractivity contribution is 6.19. The van der Waals surface area contributed by atoms with Gasteiger partial charge in [-0.25, -0.2) is 0 Å². The molecule has 3 aromatic rings. The highest BCUT2D eigenvalue weighted by Gasteiger charge is 2.35. The summed E-state index contributed by atoms with van der Waals surface area (Å²) in [6.45, 7) is 4.11. The van der Waals surface area contributed by atoms with Gasteiger partial charge in [0.15, 0.2) is 23.0 Å². The standard InChI is InChI=1S/C33H32N2O6/c1-21-6-8-24(9-7-21)20-41-29-13-11-25(18-31(29)40-5)16-26-22(2)27(19-34)33(37)35(32(26)36)15-14-23-10-12-28(38-3)30(17-23)39-4/h6-13,16-18H,14-15,20H2,1-5H3/b26-16+. The van der Waals surface area contributed by atoms with Crippen molar-refractivity contribution in [1.82, 2.24) is 4.90 Å². The number of hydrogen-bond donors (Lipinski definition) is 0. The summed E-state index contributed by atoms with van der Waals surface area (Å²) >= 11 is 0. The average Bonchev–Trinajstić information content (AvgIpc) is 2.99. The van der Waals surface area contributed by atoms with Crippen LogP contribution >= 0.6 is 0 Å². The van der Waals surface area contributed by atoms with Gasteiger partial charge in [0.1, 0.15) is 18.2 Å². The molecule has 0 fully saturated rings. The minimum absolute atomic E-state index is 0.0619. The van der Waals surface area contributed by atoms with Crippen molar-refractivity contribution < 1.29 is 28.5 Å². The summed E-state index contributed by atoms with van der Waals surface area (Å²) in [5.41, 5.74) is 4.26. The number of nitriles is 1. The highest BCUT2D eigenvalue weighted by Crippen LogP contribution is 2.33. The Morgan fingerprint density at radius 3 is 2.07 bits per heavy atom. The van der Waals surface area contributed by atoms with Gasteiger partial charge in [0, 0.05) is 12.1 Å². The van der Waals surface area contributed by atoms with Gasteiger partial charge in [0.05, 0.1) is 21.3 Å². The molecule has 1 aliphatic rings. The van der Waals surface area contributed by atoms with Gasteiger partial charge < -0.3 is 18.9 Å². The molecule has 0 spiro atoms. The largest absolute Gasteiger partial charge is 0.493 e. The van der Waals surface area contributed by atoms with Crippen LogP contribution in [0.1, 0.15) is 29.2 Å². The molecule has 8 heteroatoms. The van der Waals surface area contributed by atoms with E-state index in [9.17, 15) is 14.9 Å². The average molecular weight is 553 g/mol. The maximum Gasteiger partial charge on any atom is 0.271 e. The molecule has 1 aliphatic heterocycles. The number of hydrogen-bond acceptors (Lipinski definition) is 7. The van der Waals surface area contributed by atoms with Crippen molar-refractivity contribution in [3.05, 3.63) is 99.6 Å². The number of methoxy groups -OCH3 is 3. The third-order valence-corrected chi connectivity index (χ3v) is 6.91. The Labute approximate surface area is 240 Å². The van der Waals surface area contributed by atoms with Crippen molar-refractivity contribution in [2.24, 2.45) is 0 Å². The summed E-state index contributed by atoms with van der Waals surface area (Å²) in [4.78, 5) is 27.8. The molecule has 1 heterocycles. The highest BCUT2D eigenvalue weighted by atomic mass is 16.5. The number of amides is 2. The van der Waals surface area contributed by atoms with E-state index in [1.807, 2.05) is 43.3 Å². The van der Waals surface area contributed by atoms with E-state index in [0.717, 1.165) is 16.0 Å². The van der Waals surface area contributed by atoms with Crippen LogP contribution < -0.4 is 18.9 Å². The first-order valence-electron chi connectivity index (χ1n) is 13.1. The maximum atomic E-state index is 13.6. The first-order valence-corrected chi connectivity index (χ1v) is 13.1. The first-order chi connectivity index (χ1) is 19.8. The van der Waals surface area contributed by atoms with E-state index >= 15 is 0 Å². The number of rotatable bonds is 10. The second-order valence-electron chi connectivity index (χ2n) is 9.56. The summed E-state index contributed by atoms with van der Waals surface area (Å²) in [7, 11) is 4.64. The van der Waals surface area contributed by atoms with Crippen LogP contribution in [0.25, 0.3) is 6.08 Å². The Morgan fingerprint density at radius 1 is 0.780 bits per heavy atom. The van der Waals surface area contributed by atoms with E-state index in [4.69, 9.17) is 18.9 Å². The lowest BCUT2D eigenvalue weighted by molar-refractivity contribution is -0.140. The van der Waals surface area contributed by atoms with Crippen molar-refractivity contribution in [1.29, 1.82) is 5.26 Å². The Bertz CT molecular complexity index is 1560. The van der Waals surface area contributed by atoms with Crippen molar-refractivity contribution in [3.63, 3.8) is 0 Å². The molecule has 41 heavy (non-hydrogen) atoms. The van der Waals surface area contributed by atoms with E-state index in [1.165, 1.54) is 5.56 Å². The Balaban J connectivity index is 1.58. The number of ether oxygens (including phenoxy) is 4. The fourth-order valence-electron chi connectivity index (χ4n) is 4.52.